The number of carbonyl (C=O) groups excluding carboxylic acids is 2. The van der Waals surface area contributed by atoms with Crippen LogP contribution in [0.2, 0.25) is 0 Å². The fraction of sp³-hybridized carbons (Fsp3) is 0.417. The van der Waals surface area contributed by atoms with Crippen molar-refractivity contribution in [3.8, 4) is 11.5 Å². The lowest BCUT2D eigenvalue weighted by Gasteiger charge is -2.26. The molecule has 0 radical (unpaired) electrons. The van der Waals surface area contributed by atoms with Gasteiger partial charge < -0.3 is 20.5 Å². The second-order valence-electron chi connectivity index (χ2n) is 7.91. The summed E-state index contributed by atoms with van der Waals surface area (Å²) in [7, 11) is 0. The number of phenols is 1. The molecule has 0 aliphatic rings. The van der Waals surface area contributed by atoms with Crippen molar-refractivity contribution in [1.29, 1.82) is 0 Å². The number of aromatic hydroxyl groups is 1. The lowest BCUT2D eigenvalue weighted by atomic mass is 9.78. The SMILES string of the molecule is CC(=O)NCCCCCCNC(=O)Oc1ccc(C(C)(C)c2ccc(O)cc2)cc1. The number of hydrogen-bond acceptors (Lipinski definition) is 4. The number of rotatable bonds is 10. The van der Waals surface area contributed by atoms with Gasteiger partial charge >= 0.3 is 6.09 Å². The normalized spacial score (nSPS) is 11.0. The summed E-state index contributed by atoms with van der Waals surface area (Å²) in [6, 6.07) is 14.7. The minimum Gasteiger partial charge on any atom is -0.508 e. The predicted octanol–water partition coefficient (Wildman–Crippen LogP) is 4.50. The number of amides is 2. The van der Waals surface area contributed by atoms with Gasteiger partial charge in [-0.3, -0.25) is 4.79 Å². The van der Waals surface area contributed by atoms with E-state index in [1.54, 1.807) is 24.3 Å². The molecule has 0 aliphatic carbocycles. The second kappa shape index (κ2) is 11.2. The maximum atomic E-state index is 12.0. The van der Waals surface area contributed by atoms with Crippen molar-refractivity contribution >= 4 is 12.0 Å². The van der Waals surface area contributed by atoms with Gasteiger partial charge in [0, 0.05) is 25.4 Å². The summed E-state index contributed by atoms with van der Waals surface area (Å²) in [5.41, 5.74) is 1.93. The molecule has 0 unspecified atom stereocenters. The van der Waals surface area contributed by atoms with E-state index in [1.807, 2.05) is 24.3 Å². The van der Waals surface area contributed by atoms with E-state index < -0.39 is 6.09 Å². The summed E-state index contributed by atoms with van der Waals surface area (Å²) in [4.78, 5) is 22.7. The third-order valence-corrected chi connectivity index (χ3v) is 5.12. The van der Waals surface area contributed by atoms with E-state index in [2.05, 4.69) is 24.5 Å². The maximum absolute atomic E-state index is 12.0. The molecule has 0 heterocycles. The van der Waals surface area contributed by atoms with Gasteiger partial charge in [-0.05, 0) is 48.2 Å². The Labute approximate surface area is 178 Å². The summed E-state index contributed by atoms with van der Waals surface area (Å²) >= 11 is 0. The molecule has 6 heteroatoms. The van der Waals surface area contributed by atoms with Crippen LogP contribution >= 0.6 is 0 Å². The van der Waals surface area contributed by atoms with E-state index in [0.717, 1.165) is 36.8 Å². The molecule has 30 heavy (non-hydrogen) atoms. The van der Waals surface area contributed by atoms with Crippen LogP contribution in [0.1, 0.15) is 57.6 Å². The molecule has 6 nitrogen and oxygen atoms in total. The van der Waals surface area contributed by atoms with Crippen LogP contribution in [0.15, 0.2) is 48.5 Å². The van der Waals surface area contributed by atoms with Gasteiger partial charge in [0.15, 0.2) is 0 Å². The second-order valence-corrected chi connectivity index (χ2v) is 7.91. The molecule has 0 saturated heterocycles. The van der Waals surface area contributed by atoms with Gasteiger partial charge in [-0.25, -0.2) is 4.79 Å². The Bertz CT molecular complexity index is 814. The van der Waals surface area contributed by atoms with Crippen molar-refractivity contribution < 1.29 is 19.4 Å². The molecule has 0 atom stereocenters. The van der Waals surface area contributed by atoms with Crippen LogP contribution in [0.25, 0.3) is 0 Å². The van der Waals surface area contributed by atoms with E-state index in [-0.39, 0.29) is 17.1 Å². The molecule has 2 amide bonds. The highest BCUT2D eigenvalue weighted by molar-refractivity contribution is 5.72. The van der Waals surface area contributed by atoms with Gasteiger partial charge in [-0.15, -0.1) is 0 Å². The zero-order valence-corrected chi connectivity index (χ0v) is 18.0. The van der Waals surface area contributed by atoms with Crippen molar-refractivity contribution in [2.75, 3.05) is 13.1 Å². The zero-order valence-electron chi connectivity index (χ0n) is 18.0. The fourth-order valence-corrected chi connectivity index (χ4v) is 3.19. The van der Waals surface area contributed by atoms with Crippen LogP contribution in [-0.4, -0.2) is 30.2 Å². The van der Waals surface area contributed by atoms with Gasteiger partial charge in [0.25, 0.3) is 0 Å². The predicted molar refractivity (Wildman–Crippen MR) is 118 cm³/mol. The van der Waals surface area contributed by atoms with Gasteiger partial charge in [0.2, 0.25) is 5.91 Å². The van der Waals surface area contributed by atoms with Crippen LogP contribution < -0.4 is 15.4 Å². The number of phenolic OH excluding ortho intramolecular Hbond substituents is 1. The lowest BCUT2D eigenvalue weighted by Crippen LogP contribution is -2.27. The average molecular weight is 413 g/mol. The van der Waals surface area contributed by atoms with Gasteiger partial charge in [0.1, 0.15) is 11.5 Å². The zero-order chi connectivity index (χ0) is 22.0. The minimum absolute atomic E-state index is 0.00337. The standard InChI is InChI=1S/C24H32N2O4/c1-18(27)25-16-6-4-5-7-17-26-23(29)30-22-14-10-20(11-15-22)24(2,3)19-8-12-21(28)13-9-19/h8-15,28H,4-7,16-17H2,1-3H3,(H,25,27)(H,26,29). The molecule has 0 spiro atoms. The first-order chi connectivity index (χ1) is 14.3. The van der Waals surface area contributed by atoms with Gasteiger partial charge in [-0.1, -0.05) is 51.0 Å². The van der Waals surface area contributed by atoms with Crippen LogP contribution in [0.5, 0.6) is 11.5 Å². The Morgan fingerprint density at radius 3 is 1.87 bits per heavy atom. The van der Waals surface area contributed by atoms with Crippen molar-refractivity contribution in [2.45, 2.75) is 51.9 Å². The van der Waals surface area contributed by atoms with E-state index >= 15 is 0 Å². The summed E-state index contributed by atoms with van der Waals surface area (Å²) < 4.78 is 5.34. The third kappa shape index (κ3) is 7.43. The highest BCUT2D eigenvalue weighted by Crippen LogP contribution is 2.33. The van der Waals surface area contributed by atoms with Crippen LogP contribution in [0.4, 0.5) is 4.79 Å². The summed E-state index contributed by atoms with van der Waals surface area (Å²) in [5.74, 6) is 0.735. The number of carbonyl (C=O) groups is 2. The largest absolute Gasteiger partial charge is 0.508 e. The minimum atomic E-state index is -0.459. The maximum Gasteiger partial charge on any atom is 0.412 e. The molecule has 0 bridgehead atoms. The molecule has 2 aromatic rings. The highest BCUT2D eigenvalue weighted by atomic mass is 16.6. The number of ether oxygens (including phenoxy) is 1. The molecule has 0 aliphatic heterocycles. The summed E-state index contributed by atoms with van der Waals surface area (Å²) in [6.45, 7) is 6.99. The first-order valence-electron chi connectivity index (χ1n) is 10.4. The molecule has 162 valence electrons. The monoisotopic (exact) mass is 412 g/mol. The molecule has 3 N–H and O–H groups in total. The molecular weight excluding hydrogens is 380 g/mol. The fourth-order valence-electron chi connectivity index (χ4n) is 3.19. The van der Waals surface area contributed by atoms with E-state index in [4.69, 9.17) is 4.74 Å². The molecular formula is C24H32N2O4. The van der Waals surface area contributed by atoms with Crippen LogP contribution in [-0.2, 0) is 10.2 Å². The third-order valence-electron chi connectivity index (χ3n) is 5.12. The first kappa shape index (κ1) is 23.3. The molecule has 2 aromatic carbocycles. The lowest BCUT2D eigenvalue weighted by molar-refractivity contribution is -0.118. The highest BCUT2D eigenvalue weighted by Gasteiger charge is 2.23. The Balaban J connectivity index is 1.74. The Morgan fingerprint density at radius 1 is 0.833 bits per heavy atom. The topological polar surface area (TPSA) is 87.7 Å². The smallest absolute Gasteiger partial charge is 0.412 e. The van der Waals surface area contributed by atoms with E-state index in [9.17, 15) is 14.7 Å². The molecule has 0 fully saturated rings. The molecule has 2 rings (SSSR count). The van der Waals surface area contributed by atoms with Gasteiger partial charge in [0.05, 0.1) is 0 Å². The summed E-state index contributed by atoms with van der Waals surface area (Å²) in [6.07, 6.45) is 3.35. The number of nitrogens with one attached hydrogen (secondary N) is 2. The van der Waals surface area contributed by atoms with Crippen LogP contribution in [0.3, 0.4) is 0 Å². The van der Waals surface area contributed by atoms with Gasteiger partial charge in [-0.2, -0.15) is 0 Å². The van der Waals surface area contributed by atoms with E-state index in [1.165, 1.54) is 6.92 Å². The van der Waals surface area contributed by atoms with Crippen LogP contribution in [0, 0.1) is 0 Å². The van der Waals surface area contributed by atoms with Crippen molar-refractivity contribution in [3.63, 3.8) is 0 Å². The Kier molecular flexibility index (Phi) is 8.71. The van der Waals surface area contributed by atoms with Crippen molar-refractivity contribution in [2.24, 2.45) is 0 Å². The Hall–Kier alpha value is -3.02. The number of unbranched alkanes of at least 4 members (excludes halogenated alkanes) is 3. The molecule has 0 saturated carbocycles. The Morgan fingerprint density at radius 2 is 1.33 bits per heavy atom. The summed E-state index contributed by atoms with van der Waals surface area (Å²) in [5, 5.41) is 15.0. The molecule has 0 aromatic heterocycles. The van der Waals surface area contributed by atoms with E-state index in [0.29, 0.717) is 18.8 Å². The van der Waals surface area contributed by atoms with Crippen molar-refractivity contribution in [3.05, 3.63) is 59.7 Å². The quantitative estimate of drug-likeness (QED) is 0.501. The first-order valence-corrected chi connectivity index (χ1v) is 10.4. The number of hydrogen-bond donors (Lipinski definition) is 3. The van der Waals surface area contributed by atoms with Crippen molar-refractivity contribution in [1.82, 2.24) is 10.6 Å². The average Bonchev–Trinajstić information content (AvgIpc) is 2.70. The number of benzene rings is 2.